The van der Waals surface area contributed by atoms with E-state index < -0.39 is 0 Å². The first-order valence-electron chi connectivity index (χ1n) is 8.13. The fraction of sp³-hybridized carbons (Fsp3) is 0.647. The first kappa shape index (κ1) is 17.9. The van der Waals surface area contributed by atoms with Crippen LogP contribution in [0.5, 0.6) is 0 Å². The number of unbranched alkanes of at least 4 members (excludes halogenated alkanes) is 1. The van der Waals surface area contributed by atoms with Gasteiger partial charge in [0.1, 0.15) is 5.00 Å². The molecule has 1 aromatic rings. The number of fused-ring (bicyclic) bond motifs is 1. The monoisotopic (exact) mass is 339 g/mol. The van der Waals surface area contributed by atoms with Crippen molar-refractivity contribution in [2.75, 3.05) is 11.9 Å². The molecule has 23 heavy (non-hydrogen) atoms. The number of anilines is 1. The normalized spacial score (nSPS) is 15.8. The van der Waals surface area contributed by atoms with Gasteiger partial charge in [-0.05, 0) is 32.8 Å². The molecule has 0 saturated carbocycles. The Hall–Kier alpha value is -1.40. The highest BCUT2D eigenvalue weighted by Crippen LogP contribution is 2.40. The number of hydrogen-bond acceptors (Lipinski definition) is 5. The molecule has 6 heteroatoms. The predicted octanol–water partition coefficient (Wildman–Crippen LogP) is 3.90. The van der Waals surface area contributed by atoms with Crippen LogP contribution in [0.1, 0.15) is 67.8 Å². The summed E-state index contributed by atoms with van der Waals surface area (Å²) < 4.78 is 11.0. The van der Waals surface area contributed by atoms with E-state index >= 15 is 0 Å². The van der Waals surface area contributed by atoms with E-state index in [9.17, 15) is 9.59 Å². The minimum atomic E-state index is -0.367. The molecule has 1 amide bonds. The van der Waals surface area contributed by atoms with Crippen molar-refractivity contribution in [3.8, 4) is 0 Å². The van der Waals surface area contributed by atoms with Crippen molar-refractivity contribution in [1.82, 2.24) is 0 Å². The Morgan fingerprint density at radius 2 is 2.09 bits per heavy atom. The summed E-state index contributed by atoms with van der Waals surface area (Å²) in [6, 6.07) is 0. The van der Waals surface area contributed by atoms with Crippen molar-refractivity contribution in [2.24, 2.45) is 0 Å². The van der Waals surface area contributed by atoms with Gasteiger partial charge in [-0.3, -0.25) is 4.79 Å². The van der Waals surface area contributed by atoms with Gasteiger partial charge in [-0.15, -0.1) is 11.3 Å². The van der Waals surface area contributed by atoms with Crippen LogP contribution in [0, 0.1) is 0 Å². The standard InChI is InChI=1S/C17H25NO4S/c1-5-7-8-13(19)18-15-14(16(20)21-6-2)11-9-17(3,4)22-10-12(11)23-15/h5-10H2,1-4H3,(H,18,19). The van der Waals surface area contributed by atoms with Crippen LogP contribution < -0.4 is 5.32 Å². The number of ether oxygens (including phenoxy) is 2. The summed E-state index contributed by atoms with van der Waals surface area (Å²) >= 11 is 1.42. The third-order valence-corrected chi connectivity index (χ3v) is 4.90. The van der Waals surface area contributed by atoms with Gasteiger partial charge >= 0.3 is 5.97 Å². The summed E-state index contributed by atoms with van der Waals surface area (Å²) in [5, 5.41) is 3.49. The van der Waals surface area contributed by atoms with Crippen LogP contribution in [-0.4, -0.2) is 24.1 Å². The lowest BCUT2D eigenvalue weighted by Gasteiger charge is -2.30. The Kier molecular flexibility index (Phi) is 5.81. The first-order valence-corrected chi connectivity index (χ1v) is 8.95. The lowest BCUT2D eigenvalue weighted by molar-refractivity contribution is -0.116. The smallest absolute Gasteiger partial charge is 0.341 e. The molecule has 0 saturated heterocycles. The van der Waals surface area contributed by atoms with Crippen LogP contribution in [0.2, 0.25) is 0 Å². The molecular formula is C17H25NO4S. The Morgan fingerprint density at radius 1 is 1.35 bits per heavy atom. The van der Waals surface area contributed by atoms with Crippen molar-refractivity contribution >= 4 is 28.2 Å². The fourth-order valence-corrected chi connectivity index (χ4v) is 3.72. The Morgan fingerprint density at radius 3 is 2.74 bits per heavy atom. The van der Waals surface area contributed by atoms with Crippen LogP contribution in [0.3, 0.4) is 0 Å². The number of esters is 1. The molecule has 0 fully saturated rings. The molecule has 0 unspecified atom stereocenters. The largest absolute Gasteiger partial charge is 0.462 e. The Labute approximate surface area is 141 Å². The SMILES string of the molecule is CCCCC(=O)Nc1sc2c(c1C(=O)OCC)CC(C)(C)OC2. The molecule has 1 aliphatic heterocycles. The average molecular weight is 339 g/mol. The van der Waals surface area contributed by atoms with Gasteiger partial charge in [0, 0.05) is 17.7 Å². The predicted molar refractivity (Wildman–Crippen MR) is 91.0 cm³/mol. The quantitative estimate of drug-likeness (QED) is 0.798. The van der Waals surface area contributed by atoms with Crippen LogP contribution in [0.4, 0.5) is 5.00 Å². The second kappa shape index (κ2) is 7.45. The van der Waals surface area contributed by atoms with Crippen molar-refractivity contribution in [2.45, 2.75) is 65.6 Å². The number of hydrogen-bond donors (Lipinski definition) is 1. The topological polar surface area (TPSA) is 64.6 Å². The van der Waals surface area contributed by atoms with Crippen molar-refractivity contribution in [3.63, 3.8) is 0 Å². The highest BCUT2D eigenvalue weighted by atomic mass is 32.1. The molecule has 1 aromatic heterocycles. The van der Waals surface area contributed by atoms with E-state index in [0.29, 0.717) is 36.6 Å². The third kappa shape index (κ3) is 4.32. The van der Waals surface area contributed by atoms with E-state index in [1.807, 2.05) is 20.8 Å². The van der Waals surface area contributed by atoms with E-state index in [0.717, 1.165) is 23.3 Å². The van der Waals surface area contributed by atoms with Gasteiger partial charge in [0.2, 0.25) is 5.91 Å². The van der Waals surface area contributed by atoms with Crippen molar-refractivity contribution in [1.29, 1.82) is 0 Å². The molecule has 1 N–H and O–H groups in total. The molecule has 1 aliphatic rings. The van der Waals surface area contributed by atoms with Crippen LogP contribution in [-0.2, 0) is 27.3 Å². The molecule has 0 bridgehead atoms. The van der Waals surface area contributed by atoms with E-state index in [1.165, 1.54) is 11.3 Å². The minimum absolute atomic E-state index is 0.0591. The number of nitrogens with one attached hydrogen (secondary N) is 1. The molecule has 0 radical (unpaired) electrons. The molecule has 5 nitrogen and oxygen atoms in total. The molecule has 2 heterocycles. The second-order valence-corrected chi connectivity index (χ2v) is 7.41. The summed E-state index contributed by atoms with van der Waals surface area (Å²) in [5.41, 5.74) is 1.14. The number of carbonyl (C=O) groups excluding carboxylic acids is 2. The zero-order chi connectivity index (χ0) is 17.0. The number of amides is 1. The second-order valence-electron chi connectivity index (χ2n) is 6.31. The molecule has 0 aliphatic carbocycles. The lowest BCUT2D eigenvalue weighted by atomic mass is 9.93. The summed E-state index contributed by atoms with van der Waals surface area (Å²) in [7, 11) is 0. The third-order valence-electron chi connectivity index (χ3n) is 3.78. The number of carbonyl (C=O) groups is 2. The average Bonchev–Trinajstić information content (AvgIpc) is 2.81. The Bertz CT molecular complexity index is 592. The highest BCUT2D eigenvalue weighted by Gasteiger charge is 2.34. The van der Waals surface area contributed by atoms with Crippen molar-refractivity contribution < 1.29 is 19.1 Å². The maximum atomic E-state index is 12.4. The fourth-order valence-electron chi connectivity index (χ4n) is 2.59. The lowest BCUT2D eigenvalue weighted by Crippen LogP contribution is -2.32. The van der Waals surface area contributed by atoms with E-state index in [4.69, 9.17) is 9.47 Å². The van der Waals surface area contributed by atoms with E-state index in [1.54, 1.807) is 6.92 Å². The molecule has 128 valence electrons. The summed E-state index contributed by atoms with van der Waals surface area (Å²) in [6.07, 6.45) is 2.89. The summed E-state index contributed by atoms with van der Waals surface area (Å²) in [6.45, 7) is 8.60. The highest BCUT2D eigenvalue weighted by molar-refractivity contribution is 7.17. The van der Waals surface area contributed by atoms with Gasteiger partial charge in [-0.25, -0.2) is 4.79 Å². The summed E-state index contributed by atoms with van der Waals surface area (Å²) in [4.78, 5) is 25.5. The number of rotatable bonds is 6. The van der Waals surface area contributed by atoms with E-state index in [-0.39, 0.29) is 17.5 Å². The maximum Gasteiger partial charge on any atom is 0.341 e. The van der Waals surface area contributed by atoms with Gasteiger partial charge in [0.05, 0.1) is 24.4 Å². The molecule has 0 atom stereocenters. The zero-order valence-corrected chi connectivity index (χ0v) is 15.1. The minimum Gasteiger partial charge on any atom is -0.462 e. The van der Waals surface area contributed by atoms with Gasteiger partial charge in [0.25, 0.3) is 0 Å². The number of thiophene rings is 1. The van der Waals surface area contributed by atoms with Crippen LogP contribution >= 0.6 is 11.3 Å². The maximum absolute atomic E-state index is 12.4. The Balaban J connectivity index is 2.32. The molecule has 0 aromatic carbocycles. The van der Waals surface area contributed by atoms with Gasteiger partial charge in [0.15, 0.2) is 0 Å². The first-order chi connectivity index (χ1) is 10.9. The molecule has 2 rings (SSSR count). The molecular weight excluding hydrogens is 314 g/mol. The van der Waals surface area contributed by atoms with Crippen LogP contribution in [0.25, 0.3) is 0 Å². The van der Waals surface area contributed by atoms with Crippen molar-refractivity contribution in [3.05, 3.63) is 16.0 Å². The van der Waals surface area contributed by atoms with Gasteiger partial charge in [-0.1, -0.05) is 13.3 Å². The van der Waals surface area contributed by atoms with Gasteiger partial charge < -0.3 is 14.8 Å². The molecule has 0 spiro atoms. The zero-order valence-electron chi connectivity index (χ0n) is 14.3. The van der Waals surface area contributed by atoms with Crippen LogP contribution in [0.15, 0.2) is 0 Å². The van der Waals surface area contributed by atoms with E-state index in [2.05, 4.69) is 5.32 Å². The van der Waals surface area contributed by atoms with Gasteiger partial charge in [-0.2, -0.15) is 0 Å². The summed E-state index contributed by atoms with van der Waals surface area (Å²) in [5.74, 6) is -0.426.